The minimum Gasteiger partial charge on any atom is -0.306 e. The number of aromatic nitrogens is 8. The summed E-state index contributed by atoms with van der Waals surface area (Å²) in [4.78, 5) is 72.3. The molecule has 2 N–H and O–H groups in total. The summed E-state index contributed by atoms with van der Waals surface area (Å²) in [6, 6.07) is 34.5. The van der Waals surface area contributed by atoms with Crippen molar-refractivity contribution < 1.29 is 0 Å². The zero-order chi connectivity index (χ0) is 53.2. The molecule has 14 heteroatoms. The first-order valence-corrected chi connectivity index (χ1v) is 25.2. The SMILES string of the molecule is C=C/C(=c1/cccc/c1=C/C)n1c(=O)[nH]c2cc(-c3c(C)cccc3-c3cc(C)c4ncnn4c3)ccc2c1=O.CC/C(=C\C=NC)C1=C(c2ccc3c(=O)n(-c4cncc5ccccc45)c(=O)[nH]c3c2)C(Cl)=CCC1. The lowest BCUT2D eigenvalue weighted by Crippen LogP contribution is -2.39. The van der Waals surface area contributed by atoms with E-state index in [4.69, 9.17) is 11.6 Å². The van der Waals surface area contributed by atoms with E-state index in [-0.39, 0.29) is 0 Å². The molecule has 1 aliphatic rings. The molecule has 5 heterocycles. The van der Waals surface area contributed by atoms with Crippen LogP contribution in [0.1, 0.15) is 49.8 Å². The first kappa shape index (κ1) is 50.2. The van der Waals surface area contributed by atoms with Gasteiger partial charge in [0.1, 0.15) is 6.33 Å². The fraction of sp³-hybridized carbons (Fsp3) is 0.129. The van der Waals surface area contributed by atoms with Gasteiger partial charge in [0.15, 0.2) is 5.65 Å². The second-order valence-corrected chi connectivity index (χ2v) is 18.7. The van der Waals surface area contributed by atoms with Gasteiger partial charge in [-0.05, 0) is 132 Å². The summed E-state index contributed by atoms with van der Waals surface area (Å²) >= 11 is 6.72. The number of nitrogens with zero attached hydrogens (tertiary/aromatic N) is 7. The van der Waals surface area contributed by atoms with E-state index in [1.54, 1.807) is 54.7 Å². The summed E-state index contributed by atoms with van der Waals surface area (Å²) in [5.74, 6) is 0. The lowest BCUT2D eigenvalue weighted by molar-refractivity contribution is 0.902. The number of rotatable bonds is 9. The maximum absolute atomic E-state index is 13.7. The largest absolute Gasteiger partial charge is 0.333 e. The molecule has 0 radical (unpaired) electrons. The monoisotopic (exact) mass is 1020 g/mol. The van der Waals surface area contributed by atoms with Gasteiger partial charge in [-0.25, -0.2) is 28.2 Å². The standard InChI is InChI=1S/C33H27N5O2.C29H25ClN4O2/c1-5-22-11-7-8-12-25(22)29(6-2)38-32(39)27-15-14-23(17-28(27)36-33(38)40)30-20(3)10-9-13-26(30)24-16-21(4)31-34-19-35-37(31)18-24;1-3-18(13-14-31-2)22-9-6-10-24(30)27(22)19-11-12-23-25(15-19)33-29(36)34(28(23)35)26-17-32-16-20-7-4-5-8-21(20)26/h5-19H,2H2,1,3-4H3,(H,36,40);4-5,7-8,10-17H,3,6,9H2,1-2H3,(H,33,36)/b22-5-,29-25+;18-13+,31-14?. The fourth-order valence-corrected chi connectivity index (χ4v) is 10.6. The van der Waals surface area contributed by atoms with Gasteiger partial charge in [0.2, 0.25) is 0 Å². The summed E-state index contributed by atoms with van der Waals surface area (Å²) in [6.45, 7) is 12.0. The van der Waals surface area contributed by atoms with Gasteiger partial charge in [-0.2, -0.15) is 5.10 Å². The zero-order valence-corrected chi connectivity index (χ0v) is 43.3. The molecule has 0 saturated heterocycles. The number of H-pyrrole nitrogens is 2. The Balaban J connectivity index is 0.000000174. The van der Waals surface area contributed by atoms with Crippen LogP contribution in [0.25, 0.3) is 83.5 Å². The molecule has 0 fully saturated rings. The first-order valence-electron chi connectivity index (χ1n) is 24.9. The Bertz CT molecular complexity index is 4520. The highest BCUT2D eigenvalue weighted by Gasteiger charge is 2.21. The van der Waals surface area contributed by atoms with Gasteiger partial charge in [0.05, 0.1) is 39.4 Å². The van der Waals surface area contributed by atoms with Crippen molar-refractivity contribution in [3.63, 3.8) is 0 Å². The number of benzene rings is 5. The van der Waals surface area contributed by atoms with Gasteiger partial charge in [0.25, 0.3) is 11.1 Å². The Morgan fingerprint density at radius 3 is 2.32 bits per heavy atom. The molecule has 11 rings (SSSR count). The van der Waals surface area contributed by atoms with Crippen molar-refractivity contribution in [2.24, 2.45) is 4.99 Å². The van der Waals surface area contributed by atoms with Gasteiger partial charge in [-0.1, -0.05) is 116 Å². The number of nitrogens with one attached hydrogen (secondary N) is 2. The predicted molar refractivity (Wildman–Crippen MR) is 309 cm³/mol. The number of fused-ring (bicyclic) bond motifs is 4. The van der Waals surface area contributed by atoms with Crippen LogP contribution in [0.5, 0.6) is 0 Å². The van der Waals surface area contributed by atoms with E-state index < -0.39 is 22.5 Å². The highest BCUT2D eigenvalue weighted by Crippen LogP contribution is 2.40. The van der Waals surface area contributed by atoms with Crippen molar-refractivity contribution in [1.82, 2.24) is 38.7 Å². The maximum Gasteiger partial charge on any atom is 0.333 e. The van der Waals surface area contributed by atoms with Crippen LogP contribution in [0.2, 0.25) is 0 Å². The van der Waals surface area contributed by atoms with Gasteiger partial charge in [-0.3, -0.25) is 19.6 Å². The van der Waals surface area contributed by atoms with Crippen LogP contribution in [0, 0.1) is 13.8 Å². The van der Waals surface area contributed by atoms with Crippen molar-refractivity contribution in [2.45, 2.75) is 47.0 Å². The molecular formula is C62H52ClN9O4. The maximum atomic E-state index is 13.7. The normalized spacial score (nSPS) is 13.7. The molecule has 0 atom stereocenters. The lowest BCUT2D eigenvalue weighted by Gasteiger charge is -2.21. The van der Waals surface area contributed by atoms with Crippen molar-refractivity contribution in [2.75, 3.05) is 7.05 Å². The summed E-state index contributed by atoms with van der Waals surface area (Å²) in [6.07, 6.45) is 18.6. The van der Waals surface area contributed by atoms with E-state index in [1.165, 1.54) is 0 Å². The number of aryl methyl sites for hydroxylation is 2. The number of aliphatic imine (C=N–C) groups is 1. The first-order chi connectivity index (χ1) is 36.9. The smallest absolute Gasteiger partial charge is 0.306 e. The van der Waals surface area contributed by atoms with E-state index in [0.29, 0.717) is 38.2 Å². The minimum atomic E-state index is -0.521. The quantitative estimate of drug-likeness (QED) is 0.136. The molecule has 0 spiro atoms. The molecule has 0 aliphatic heterocycles. The molecular weight excluding hydrogens is 970 g/mol. The molecule has 5 aromatic heterocycles. The number of hydrogen-bond acceptors (Lipinski definition) is 8. The summed E-state index contributed by atoms with van der Waals surface area (Å²) < 4.78 is 4.09. The van der Waals surface area contributed by atoms with Crippen LogP contribution in [-0.2, 0) is 0 Å². The number of allylic oxidation sites excluding steroid dienone is 7. The number of aromatic amines is 2. The Hall–Kier alpha value is -9.33. The Kier molecular flexibility index (Phi) is 14.0. The summed E-state index contributed by atoms with van der Waals surface area (Å²) in [7, 11) is 1.74. The third kappa shape index (κ3) is 9.22. The van der Waals surface area contributed by atoms with Crippen molar-refractivity contribution in [3.8, 4) is 27.9 Å². The molecule has 10 aromatic rings. The van der Waals surface area contributed by atoms with Crippen LogP contribution in [0.4, 0.5) is 0 Å². The van der Waals surface area contributed by atoms with Gasteiger partial charge >= 0.3 is 11.4 Å². The van der Waals surface area contributed by atoms with E-state index in [1.807, 2.05) is 117 Å². The van der Waals surface area contributed by atoms with Crippen molar-refractivity contribution in [3.05, 3.63) is 244 Å². The van der Waals surface area contributed by atoms with Crippen LogP contribution < -0.4 is 32.9 Å². The second-order valence-electron chi connectivity index (χ2n) is 18.3. The summed E-state index contributed by atoms with van der Waals surface area (Å²) in [5.41, 5.74) is 10.9. The molecule has 76 heavy (non-hydrogen) atoms. The molecule has 0 saturated carbocycles. The molecule has 0 amide bonds. The van der Waals surface area contributed by atoms with Gasteiger partial charge in [0, 0.05) is 57.8 Å². The van der Waals surface area contributed by atoms with Gasteiger partial charge in [-0.15, -0.1) is 0 Å². The average molecular weight is 1020 g/mol. The molecule has 0 unspecified atom stereocenters. The second kappa shape index (κ2) is 21.3. The average Bonchev–Trinajstić information content (AvgIpc) is 3.94. The third-order valence-electron chi connectivity index (χ3n) is 13.8. The van der Waals surface area contributed by atoms with Gasteiger partial charge < -0.3 is 9.97 Å². The van der Waals surface area contributed by atoms with Crippen molar-refractivity contribution in [1.29, 1.82) is 0 Å². The zero-order valence-electron chi connectivity index (χ0n) is 42.6. The molecule has 13 nitrogen and oxygen atoms in total. The fourth-order valence-electron chi connectivity index (χ4n) is 10.2. The lowest BCUT2D eigenvalue weighted by atomic mass is 9.86. The molecule has 0 bridgehead atoms. The van der Waals surface area contributed by atoms with Crippen LogP contribution in [0.3, 0.4) is 0 Å². The molecule has 5 aromatic carbocycles. The van der Waals surface area contributed by atoms with Crippen LogP contribution in [0.15, 0.2) is 199 Å². The minimum absolute atomic E-state index is 0.397. The summed E-state index contributed by atoms with van der Waals surface area (Å²) in [5, 5.41) is 9.11. The Labute approximate surface area is 440 Å². The number of pyridine rings is 2. The highest BCUT2D eigenvalue weighted by atomic mass is 35.5. The van der Waals surface area contributed by atoms with Crippen LogP contribution >= 0.6 is 11.6 Å². The Morgan fingerprint density at radius 1 is 0.803 bits per heavy atom. The molecule has 1 aliphatic carbocycles. The highest BCUT2D eigenvalue weighted by molar-refractivity contribution is 6.37. The van der Waals surface area contributed by atoms with E-state index >= 15 is 0 Å². The van der Waals surface area contributed by atoms with E-state index in [9.17, 15) is 19.2 Å². The number of hydrogen-bond donors (Lipinski definition) is 2. The van der Waals surface area contributed by atoms with E-state index in [0.717, 1.165) is 111 Å². The Morgan fingerprint density at radius 2 is 1.54 bits per heavy atom. The molecule has 376 valence electrons. The third-order valence-corrected chi connectivity index (χ3v) is 14.2. The van der Waals surface area contributed by atoms with Crippen LogP contribution in [-0.4, -0.2) is 51.9 Å². The van der Waals surface area contributed by atoms with Crippen molar-refractivity contribution >= 4 is 73.4 Å². The number of halogens is 1. The predicted octanol–water partition coefficient (Wildman–Crippen LogP) is 10.3. The topological polar surface area (TPSA) is 165 Å². The van der Waals surface area contributed by atoms with E-state index in [2.05, 4.69) is 68.7 Å².